The molecular formula is C34H41N5O8. The lowest BCUT2D eigenvalue weighted by molar-refractivity contribution is -0.130. The molecule has 2 aromatic carbocycles. The normalized spacial score (nSPS) is 16.6. The molecule has 0 aliphatic carbocycles. The van der Waals surface area contributed by atoms with Gasteiger partial charge < -0.3 is 39.6 Å². The van der Waals surface area contributed by atoms with Gasteiger partial charge in [0.25, 0.3) is 11.8 Å². The van der Waals surface area contributed by atoms with Gasteiger partial charge >= 0.3 is 0 Å². The number of nitrogens with zero attached hydrogens (tertiary/aromatic N) is 2. The predicted octanol–water partition coefficient (Wildman–Crippen LogP) is 2.62. The number of methoxy groups -OCH3 is 2. The van der Waals surface area contributed by atoms with Gasteiger partial charge in [-0.1, -0.05) is 19.9 Å². The minimum absolute atomic E-state index is 0.00288. The Morgan fingerprint density at radius 1 is 0.936 bits per heavy atom. The Hall–Kier alpha value is -5.33. The van der Waals surface area contributed by atoms with Crippen LogP contribution in [0.4, 0.5) is 0 Å². The molecule has 2 bridgehead atoms. The molecule has 13 heteroatoms. The summed E-state index contributed by atoms with van der Waals surface area (Å²) >= 11 is 0. The van der Waals surface area contributed by atoms with Crippen LogP contribution in [0.2, 0.25) is 0 Å². The van der Waals surface area contributed by atoms with Crippen molar-refractivity contribution in [3.8, 4) is 23.0 Å². The zero-order chi connectivity index (χ0) is 34.1. The van der Waals surface area contributed by atoms with Crippen molar-refractivity contribution in [3.63, 3.8) is 0 Å². The topological polar surface area (TPSA) is 157 Å². The number of pyridine rings is 1. The Labute approximate surface area is 273 Å². The van der Waals surface area contributed by atoms with Crippen molar-refractivity contribution in [1.29, 1.82) is 0 Å². The van der Waals surface area contributed by atoms with E-state index in [0.29, 0.717) is 47.8 Å². The number of aryl methyl sites for hydroxylation is 1. The fourth-order valence-corrected chi connectivity index (χ4v) is 5.12. The first kappa shape index (κ1) is 34.5. The monoisotopic (exact) mass is 647 g/mol. The van der Waals surface area contributed by atoms with E-state index in [1.165, 1.54) is 49.1 Å². The lowest BCUT2D eigenvalue weighted by Crippen LogP contribution is -2.52. The van der Waals surface area contributed by atoms with Crippen LogP contribution in [0.5, 0.6) is 23.0 Å². The number of amides is 4. The molecule has 0 radical (unpaired) electrons. The van der Waals surface area contributed by atoms with Crippen molar-refractivity contribution in [2.75, 3.05) is 33.9 Å². The van der Waals surface area contributed by atoms with Crippen molar-refractivity contribution in [1.82, 2.24) is 25.4 Å². The van der Waals surface area contributed by atoms with Crippen LogP contribution in [0.15, 0.2) is 59.5 Å². The average molecular weight is 648 g/mol. The number of hydrogen-bond acceptors (Lipinski definition) is 8. The number of aromatic nitrogens is 1. The fraction of sp³-hybridized carbons (Fsp3) is 0.382. The first-order valence-electron chi connectivity index (χ1n) is 15.3. The number of benzene rings is 2. The molecule has 1 aliphatic rings. The number of rotatable bonds is 4. The van der Waals surface area contributed by atoms with E-state index in [2.05, 4.69) is 16.0 Å². The Morgan fingerprint density at radius 3 is 2.40 bits per heavy atom. The minimum atomic E-state index is -0.909. The van der Waals surface area contributed by atoms with Crippen LogP contribution in [-0.2, 0) is 23.2 Å². The van der Waals surface area contributed by atoms with Gasteiger partial charge in [-0.15, -0.1) is 0 Å². The second kappa shape index (κ2) is 15.8. The van der Waals surface area contributed by atoms with Crippen molar-refractivity contribution >= 4 is 23.6 Å². The largest absolute Gasteiger partial charge is 0.496 e. The quantitative estimate of drug-likeness (QED) is 0.390. The van der Waals surface area contributed by atoms with Crippen LogP contribution < -0.4 is 35.7 Å². The summed E-state index contributed by atoms with van der Waals surface area (Å²) in [6.07, 6.45) is 2.39. The summed E-state index contributed by atoms with van der Waals surface area (Å²) in [5.41, 5.74) is 0.835. The Bertz CT molecular complexity index is 1690. The molecule has 3 aromatic rings. The van der Waals surface area contributed by atoms with E-state index in [9.17, 15) is 24.0 Å². The number of fused-ring (bicyclic) bond motifs is 3. The summed E-state index contributed by atoms with van der Waals surface area (Å²) in [7, 11) is 4.53. The van der Waals surface area contributed by atoms with Crippen molar-refractivity contribution in [2.24, 2.45) is 13.0 Å². The van der Waals surface area contributed by atoms with Gasteiger partial charge in [0.15, 0.2) is 11.5 Å². The van der Waals surface area contributed by atoms with Crippen molar-refractivity contribution in [3.05, 3.63) is 81.8 Å². The average Bonchev–Trinajstić information content (AvgIpc) is 3.05. The Kier molecular flexibility index (Phi) is 11.6. The number of carbonyl (C=O) groups is 4. The van der Waals surface area contributed by atoms with Crippen LogP contribution in [0.25, 0.3) is 0 Å². The highest BCUT2D eigenvalue weighted by Crippen LogP contribution is 2.37. The van der Waals surface area contributed by atoms with Crippen LogP contribution in [0.1, 0.15) is 53.0 Å². The Morgan fingerprint density at radius 2 is 1.70 bits per heavy atom. The van der Waals surface area contributed by atoms with Gasteiger partial charge in [-0.25, -0.2) is 0 Å². The van der Waals surface area contributed by atoms with Crippen LogP contribution in [0.3, 0.4) is 0 Å². The second-order valence-corrected chi connectivity index (χ2v) is 11.5. The van der Waals surface area contributed by atoms with Gasteiger partial charge in [-0.3, -0.25) is 24.0 Å². The Balaban J connectivity index is 1.68. The summed E-state index contributed by atoms with van der Waals surface area (Å²) < 4.78 is 18.6. The molecule has 4 rings (SSSR count). The van der Waals surface area contributed by atoms with Crippen LogP contribution >= 0.6 is 0 Å². The fourth-order valence-electron chi connectivity index (χ4n) is 5.12. The standard InChI is InChI=1S/C34H41N5O8/c1-21(2)31-33(43)36-18-24-25(45-4)9-8-10-26(24)47-28-17-22(11-13-27(28)46-5)32(42)35-15-6-7-16-39(20-29(40)37-31)34(44)23-12-14-30(41)38(3)19-23/h8-14,17,19,21,31H,6-7,15-16,18,20H2,1-5H3,(H,35,42)(H,36,43)(H,37,40)/t31-/m1/s1. The second-order valence-electron chi connectivity index (χ2n) is 11.5. The molecule has 0 spiro atoms. The summed E-state index contributed by atoms with van der Waals surface area (Å²) in [4.78, 5) is 66.7. The number of ether oxygens (including phenoxy) is 3. The maximum Gasteiger partial charge on any atom is 0.255 e. The summed E-state index contributed by atoms with van der Waals surface area (Å²) in [5.74, 6) is -0.512. The van der Waals surface area contributed by atoms with Crippen LogP contribution in [-0.4, -0.2) is 73.0 Å². The third kappa shape index (κ3) is 8.69. The highest BCUT2D eigenvalue weighted by atomic mass is 16.5. The maximum absolute atomic E-state index is 13.5. The molecule has 1 aromatic heterocycles. The van der Waals surface area contributed by atoms with Gasteiger partial charge in [0, 0.05) is 38.0 Å². The zero-order valence-corrected chi connectivity index (χ0v) is 27.3. The lowest BCUT2D eigenvalue weighted by atomic mass is 10.0. The summed E-state index contributed by atoms with van der Waals surface area (Å²) in [6, 6.07) is 11.8. The van der Waals surface area contributed by atoms with Crippen molar-refractivity contribution < 1.29 is 33.4 Å². The molecule has 1 aliphatic heterocycles. The molecule has 0 fully saturated rings. The number of nitrogens with one attached hydrogen (secondary N) is 3. The van der Waals surface area contributed by atoms with E-state index in [1.807, 2.05) is 13.8 Å². The summed E-state index contributed by atoms with van der Waals surface area (Å²) in [6.45, 7) is 3.80. The molecule has 0 saturated heterocycles. The molecule has 0 saturated carbocycles. The molecule has 250 valence electrons. The SMILES string of the molecule is COc1ccc2cc1Oc1cccc(OC)c1CNC(=O)[C@@H](C(C)C)NC(=O)CN(C(=O)c1ccc(=O)n(C)c1)CCCCNC2=O. The zero-order valence-electron chi connectivity index (χ0n) is 27.3. The smallest absolute Gasteiger partial charge is 0.255 e. The van der Waals surface area contributed by atoms with E-state index < -0.39 is 23.8 Å². The lowest BCUT2D eigenvalue weighted by Gasteiger charge is -2.26. The van der Waals surface area contributed by atoms with Gasteiger partial charge in [-0.05, 0) is 55.2 Å². The predicted molar refractivity (Wildman–Crippen MR) is 174 cm³/mol. The van der Waals surface area contributed by atoms with Gasteiger partial charge in [0.1, 0.15) is 17.5 Å². The van der Waals surface area contributed by atoms with Crippen molar-refractivity contribution in [2.45, 2.75) is 39.3 Å². The molecule has 0 unspecified atom stereocenters. The van der Waals surface area contributed by atoms with Crippen LogP contribution in [0, 0.1) is 5.92 Å². The molecule has 3 N–H and O–H groups in total. The minimum Gasteiger partial charge on any atom is -0.496 e. The van der Waals surface area contributed by atoms with E-state index in [-0.39, 0.29) is 48.3 Å². The molecule has 47 heavy (non-hydrogen) atoms. The van der Waals surface area contributed by atoms with E-state index in [0.717, 1.165) is 0 Å². The van der Waals surface area contributed by atoms with Gasteiger partial charge in [0.05, 0.1) is 38.4 Å². The van der Waals surface area contributed by atoms with E-state index in [1.54, 1.807) is 36.4 Å². The van der Waals surface area contributed by atoms with E-state index in [4.69, 9.17) is 14.2 Å². The molecule has 2 heterocycles. The molecule has 4 amide bonds. The van der Waals surface area contributed by atoms with Gasteiger partial charge in [-0.2, -0.15) is 0 Å². The van der Waals surface area contributed by atoms with E-state index >= 15 is 0 Å². The third-order valence-corrected chi connectivity index (χ3v) is 7.76. The molecule has 1 atom stereocenters. The molecular weight excluding hydrogens is 606 g/mol. The molecule has 13 nitrogen and oxygen atoms in total. The highest BCUT2D eigenvalue weighted by molar-refractivity contribution is 5.97. The first-order chi connectivity index (χ1) is 22.5. The summed E-state index contributed by atoms with van der Waals surface area (Å²) in [5, 5.41) is 8.55. The number of hydrogen-bond donors (Lipinski definition) is 3. The highest BCUT2D eigenvalue weighted by Gasteiger charge is 2.27. The van der Waals surface area contributed by atoms with Gasteiger partial charge in [0.2, 0.25) is 17.4 Å². The third-order valence-electron chi connectivity index (χ3n) is 7.76. The maximum atomic E-state index is 13.5. The first-order valence-corrected chi connectivity index (χ1v) is 15.3. The number of carbonyl (C=O) groups excluding carboxylic acids is 4.